The van der Waals surface area contributed by atoms with Crippen LogP contribution in [0.15, 0.2) is 6.20 Å². The van der Waals surface area contributed by atoms with Crippen LogP contribution in [-0.4, -0.2) is 58.9 Å². The van der Waals surface area contributed by atoms with Crippen molar-refractivity contribution in [3.8, 4) is 0 Å². The topological polar surface area (TPSA) is 54.7 Å². The van der Waals surface area contributed by atoms with Crippen molar-refractivity contribution in [3.05, 3.63) is 11.9 Å². The molecule has 2 aromatic heterocycles. The number of ether oxygens (including phenoxy) is 1. The second kappa shape index (κ2) is 6.03. The molecule has 3 heterocycles. The summed E-state index contributed by atoms with van der Waals surface area (Å²) in [6.07, 6.45) is 4.13. The highest BCUT2D eigenvalue weighted by molar-refractivity contribution is 7.20. The van der Waals surface area contributed by atoms with Gasteiger partial charge in [-0.15, -0.1) is 5.10 Å². The van der Waals surface area contributed by atoms with Gasteiger partial charge in [0.15, 0.2) is 0 Å². The highest BCUT2D eigenvalue weighted by Gasteiger charge is 2.34. The van der Waals surface area contributed by atoms with Crippen molar-refractivity contribution in [3.63, 3.8) is 0 Å². The molecule has 0 amide bonds. The predicted octanol–water partition coefficient (Wildman–Crippen LogP) is 2.61. The van der Waals surface area contributed by atoms with Crippen LogP contribution in [0.3, 0.4) is 0 Å². The lowest BCUT2D eigenvalue weighted by Crippen LogP contribution is -2.53. The molecule has 2 aromatic rings. The Bertz CT molecular complexity index is 632. The van der Waals surface area contributed by atoms with Gasteiger partial charge in [-0.25, -0.2) is 9.50 Å². The van der Waals surface area contributed by atoms with Crippen molar-refractivity contribution in [2.45, 2.75) is 44.6 Å². The summed E-state index contributed by atoms with van der Waals surface area (Å²) in [5, 5.41) is 9.08. The monoisotopic (exact) mass is 337 g/mol. The Morgan fingerprint density at radius 3 is 2.61 bits per heavy atom. The van der Waals surface area contributed by atoms with E-state index in [0.717, 1.165) is 48.4 Å². The van der Waals surface area contributed by atoms with E-state index in [-0.39, 0.29) is 11.0 Å². The molecular weight excluding hydrogens is 310 g/mol. The molecule has 1 aliphatic heterocycles. The lowest BCUT2D eigenvalue weighted by molar-refractivity contribution is -0.000636. The number of aromatic nitrogens is 3. The molecule has 7 heteroatoms. The minimum atomic E-state index is 0.0537. The SMILES string of the molecule is CN(C)C1(CNc2nn3cc(C(C)(C)C)nc3s2)CCOCC1. The second-order valence-electron chi connectivity index (χ2n) is 7.60. The molecule has 1 saturated heterocycles. The summed E-state index contributed by atoms with van der Waals surface area (Å²) in [4.78, 5) is 7.97. The molecule has 0 aromatic carbocycles. The lowest BCUT2D eigenvalue weighted by Gasteiger charge is -2.42. The number of imidazole rings is 1. The Balaban J connectivity index is 1.72. The summed E-state index contributed by atoms with van der Waals surface area (Å²) in [6.45, 7) is 9.05. The average molecular weight is 337 g/mol. The first-order valence-corrected chi connectivity index (χ1v) is 8.98. The Kier molecular flexibility index (Phi) is 4.37. The van der Waals surface area contributed by atoms with Gasteiger partial charge >= 0.3 is 0 Å². The summed E-state index contributed by atoms with van der Waals surface area (Å²) in [5.41, 5.74) is 1.28. The van der Waals surface area contributed by atoms with Crippen LogP contribution in [0.1, 0.15) is 39.3 Å². The number of fused-ring (bicyclic) bond motifs is 1. The highest BCUT2D eigenvalue weighted by Crippen LogP contribution is 2.29. The van der Waals surface area contributed by atoms with Crippen molar-refractivity contribution < 1.29 is 4.74 Å². The summed E-state index contributed by atoms with van der Waals surface area (Å²) in [6, 6.07) is 0. The third-order valence-corrected chi connectivity index (χ3v) is 5.63. The van der Waals surface area contributed by atoms with Crippen molar-refractivity contribution in [1.29, 1.82) is 0 Å². The summed E-state index contributed by atoms with van der Waals surface area (Å²) in [7, 11) is 4.30. The zero-order valence-corrected chi connectivity index (χ0v) is 15.5. The molecular formula is C16H27N5OS. The fourth-order valence-corrected chi connectivity index (χ4v) is 3.68. The number of hydrogen-bond donors (Lipinski definition) is 1. The molecule has 1 fully saturated rings. The van der Waals surface area contributed by atoms with Gasteiger partial charge < -0.3 is 15.0 Å². The van der Waals surface area contributed by atoms with E-state index in [1.807, 2.05) is 10.7 Å². The largest absolute Gasteiger partial charge is 0.381 e. The first-order valence-electron chi connectivity index (χ1n) is 8.16. The zero-order chi connectivity index (χ0) is 16.7. The van der Waals surface area contributed by atoms with E-state index in [0.29, 0.717) is 0 Å². The van der Waals surface area contributed by atoms with E-state index in [1.165, 1.54) is 0 Å². The van der Waals surface area contributed by atoms with Crippen LogP contribution < -0.4 is 5.32 Å². The number of nitrogens with zero attached hydrogens (tertiary/aromatic N) is 4. The molecule has 6 nitrogen and oxygen atoms in total. The third kappa shape index (κ3) is 3.36. The molecule has 1 N–H and O–H groups in total. The molecule has 3 rings (SSSR count). The van der Waals surface area contributed by atoms with E-state index in [2.05, 4.69) is 50.2 Å². The standard InChI is InChI=1S/C16H27N5OS/c1-15(2,3)12-10-21-14(18-12)23-13(19-21)17-11-16(20(4)5)6-8-22-9-7-16/h10H,6-9,11H2,1-5H3,(H,17,19). The van der Waals surface area contributed by atoms with Gasteiger partial charge in [-0.3, -0.25) is 0 Å². The van der Waals surface area contributed by atoms with Crippen LogP contribution in [0.25, 0.3) is 4.96 Å². The number of likely N-dealkylation sites (N-methyl/N-ethyl adjacent to an activating group) is 1. The minimum Gasteiger partial charge on any atom is -0.381 e. The minimum absolute atomic E-state index is 0.0537. The summed E-state index contributed by atoms with van der Waals surface area (Å²) < 4.78 is 7.41. The maximum atomic E-state index is 5.53. The summed E-state index contributed by atoms with van der Waals surface area (Å²) >= 11 is 1.61. The van der Waals surface area contributed by atoms with Crippen molar-refractivity contribution in [2.24, 2.45) is 0 Å². The van der Waals surface area contributed by atoms with Gasteiger partial charge in [0.25, 0.3) is 0 Å². The number of hydrogen-bond acceptors (Lipinski definition) is 6. The van der Waals surface area contributed by atoms with Crippen LogP contribution >= 0.6 is 11.3 Å². The zero-order valence-electron chi connectivity index (χ0n) is 14.7. The van der Waals surface area contributed by atoms with E-state index >= 15 is 0 Å². The van der Waals surface area contributed by atoms with Crippen LogP contribution in [0.5, 0.6) is 0 Å². The van der Waals surface area contributed by atoms with Crippen LogP contribution in [-0.2, 0) is 10.2 Å². The molecule has 0 radical (unpaired) electrons. The Morgan fingerprint density at radius 1 is 1.35 bits per heavy atom. The van der Waals surface area contributed by atoms with Gasteiger partial charge in [0.1, 0.15) is 0 Å². The van der Waals surface area contributed by atoms with Crippen LogP contribution in [0.4, 0.5) is 5.13 Å². The Hall–Kier alpha value is -1.18. The van der Waals surface area contributed by atoms with Crippen molar-refractivity contribution in [1.82, 2.24) is 19.5 Å². The summed E-state index contributed by atoms with van der Waals surface area (Å²) in [5.74, 6) is 0. The van der Waals surface area contributed by atoms with Gasteiger partial charge in [0.05, 0.1) is 11.9 Å². The molecule has 0 unspecified atom stereocenters. The van der Waals surface area contributed by atoms with Gasteiger partial charge in [-0.1, -0.05) is 32.1 Å². The Morgan fingerprint density at radius 2 is 2.04 bits per heavy atom. The maximum Gasteiger partial charge on any atom is 0.214 e. The first kappa shape index (κ1) is 16.7. The lowest BCUT2D eigenvalue weighted by atomic mass is 9.89. The predicted molar refractivity (Wildman–Crippen MR) is 94.5 cm³/mol. The van der Waals surface area contributed by atoms with Gasteiger partial charge in [0, 0.05) is 30.7 Å². The Labute approximate surface area is 141 Å². The molecule has 0 saturated carbocycles. The normalized spacial score (nSPS) is 18.7. The maximum absolute atomic E-state index is 5.53. The van der Waals surface area contributed by atoms with Crippen molar-refractivity contribution >= 4 is 21.4 Å². The van der Waals surface area contributed by atoms with Gasteiger partial charge in [-0.2, -0.15) is 0 Å². The van der Waals surface area contributed by atoms with Crippen molar-refractivity contribution in [2.75, 3.05) is 39.2 Å². The number of rotatable bonds is 4. The number of nitrogens with one attached hydrogen (secondary N) is 1. The molecule has 128 valence electrons. The van der Waals surface area contributed by atoms with Gasteiger partial charge in [-0.05, 0) is 26.9 Å². The molecule has 0 atom stereocenters. The second-order valence-corrected chi connectivity index (χ2v) is 8.55. The fourth-order valence-electron chi connectivity index (χ4n) is 2.91. The van der Waals surface area contributed by atoms with E-state index in [4.69, 9.17) is 9.72 Å². The first-order chi connectivity index (χ1) is 10.8. The smallest absolute Gasteiger partial charge is 0.214 e. The molecule has 0 spiro atoms. The molecule has 0 aliphatic carbocycles. The highest BCUT2D eigenvalue weighted by atomic mass is 32.1. The quantitative estimate of drug-likeness (QED) is 0.929. The van der Waals surface area contributed by atoms with Gasteiger partial charge in [0.2, 0.25) is 10.1 Å². The van der Waals surface area contributed by atoms with E-state index < -0.39 is 0 Å². The molecule has 1 aliphatic rings. The molecule has 23 heavy (non-hydrogen) atoms. The van der Waals surface area contributed by atoms with Crippen LogP contribution in [0, 0.1) is 0 Å². The number of anilines is 1. The molecule has 0 bridgehead atoms. The average Bonchev–Trinajstić information content (AvgIpc) is 3.03. The van der Waals surface area contributed by atoms with Crippen LogP contribution in [0.2, 0.25) is 0 Å². The van der Waals surface area contributed by atoms with E-state index in [1.54, 1.807) is 11.3 Å². The third-order valence-electron chi connectivity index (χ3n) is 4.75. The van der Waals surface area contributed by atoms with E-state index in [9.17, 15) is 0 Å². The fraction of sp³-hybridized carbons (Fsp3) is 0.750.